The molecule has 1 aromatic heterocycles. The van der Waals surface area contributed by atoms with Crippen LogP contribution in [0.4, 0.5) is 0 Å². The molecule has 3 aromatic carbocycles. The van der Waals surface area contributed by atoms with E-state index < -0.39 is 5.97 Å². The van der Waals surface area contributed by atoms with Gasteiger partial charge >= 0.3 is 5.97 Å². The van der Waals surface area contributed by atoms with Gasteiger partial charge in [-0.15, -0.1) is 0 Å². The summed E-state index contributed by atoms with van der Waals surface area (Å²) in [7, 11) is 0. The van der Waals surface area contributed by atoms with Crippen LogP contribution in [-0.2, 0) is 0 Å². The van der Waals surface area contributed by atoms with Crippen LogP contribution >= 0.6 is 0 Å². The van der Waals surface area contributed by atoms with Crippen LogP contribution in [0.1, 0.15) is 27.0 Å². The average Bonchev–Trinajstić information content (AvgIpc) is 2.71. The quantitative estimate of drug-likeness (QED) is 0.431. The minimum Gasteiger partial charge on any atom is -0.452 e. The molecule has 0 amide bonds. The summed E-state index contributed by atoms with van der Waals surface area (Å²) in [6.07, 6.45) is 0. The Morgan fingerprint density at radius 3 is 2.03 bits per heavy atom. The van der Waals surface area contributed by atoms with E-state index in [1.165, 1.54) is 0 Å². The van der Waals surface area contributed by atoms with Gasteiger partial charge in [-0.1, -0.05) is 59.2 Å². The summed E-state index contributed by atoms with van der Waals surface area (Å²) < 4.78 is 11.6. The van der Waals surface area contributed by atoms with Gasteiger partial charge in [0.25, 0.3) is 0 Å². The monoisotopic (exact) mass is 384 g/mol. The Kier molecular flexibility index (Phi) is 4.77. The van der Waals surface area contributed by atoms with Gasteiger partial charge in [-0.05, 0) is 45.0 Å². The van der Waals surface area contributed by atoms with Crippen LogP contribution in [0, 0.1) is 20.8 Å². The van der Waals surface area contributed by atoms with E-state index in [0.29, 0.717) is 22.1 Å². The molecule has 144 valence electrons. The minimum absolute atomic E-state index is 0.0995. The van der Waals surface area contributed by atoms with Gasteiger partial charge in [0, 0.05) is 5.56 Å². The van der Waals surface area contributed by atoms with Crippen molar-refractivity contribution in [3.63, 3.8) is 0 Å². The van der Waals surface area contributed by atoms with Crippen molar-refractivity contribution >= 4 is 16.9 Å². The van der Waals surface area contributed by atoms with Crippen LogP contribution < -0.4 is 10.2 Å². The van der Waals surface area contributed by atoms with Crippen molar-refractivity contribution in [2.45, 2.75) is 20.8 Å². The minimum atomic E-state index is -0.599. The SMILES string of the molecule is Cc1ccc(C(=O)Oc2c(-c3ccc(C)cc3)oc3ccc(C)cc3c2=O)cc1. The predicted octanol–water partition coefficient (Wildman–Crippen LogP) is 5.60. The lowest BCUT2D eigenvalue weighted by Gasteiger charge is -2.11. The molecule has 0 aliphatic heterocycles. The van der Waals surface area contributed by atoms with E-state index in [9.17, 15) is 9.59 Å². The second kappa shape index (κ2) is 7.40. The van der Waals surface area contributed by atoms with Crippen molar-refractivity contribution in [3.8, 4) is 17.1 Å². The van der Waals surface area contributed by atoms with Crippen LogP contribution in [0.3, 0.4) is 0 Å². The first-order valence-corrected chi connectivity index (χ1v) is 9.36. The lowest BCUT2D eigenvalue weighted by Crippen LogP contribution is -2.16. The topological polar surface area (TPSA) is 56.5 Å². The Morgan fingerprint density at radius 2 is 1.38 bits per heavy atom. The summed E-state index contributed by atoms with van der Waals surface area (Å²) in [5.41, 5.74) is 4.14. The fourth-order valence-corrected chi connectivity index (χ4v) is 3.12. The molecule has 29 heavy (non-hydrogen) atoms. The number of ether oxygens (including phenoxy) is 1. The van der Waals surface area contributed by atoms with E-state index in [1.54, 1.807) is 24.3 Å². The third-order valence-electron chi connectivity index (χ3n) is 4.80. The van der Waals surface area contributed by atoms with Crippen LogP contribution in [0.15, 0.2) is 75.9 Å². The fraction of sp³-hybridized carbons (Fsp3) is 0.120. The molecule has 0 unspecified atom stereocenters. The van der Waals surface area contributed by atoms with E-state index in [0.717, 1.165) is 16.7 Å². The van der Waals surface area contributed by atoms with E-state index >= 15 is 0 Å². The number of hydrogen-bond donors (Lipinski definition) is 0. The Morgan fingerprint density at radius 1 is 0.793 bits per heavy atom. The molecule has 0 aliphatic rings. The van der Waals surface area contributed by atoms with Crippen molar-refractivity contribution in [2.24, 2.45) is 0 Å². The zero-order chi connectivity index (χ0) is 20.5. The lowest BCUT2D eigenvalue weighted by molar-refractivity contribution is 0.0731. The molecule has 0 saturated heterocycles. The second-order valence-electron chi connectivity index (χ2n) is 7.21. The standard InChI is InChI=1S/C25H20O4/c1-15-4-9-18(10-5-15)23-24(29-25(27)19-11-6-16(2)7-12-19)22(26)20-14-17(3)8-13-21(20)28-23/h4-14H,1-3H3. The zero-order valence-electron chi connectivity index (χ0n) is 16.5. The van der Waals surface area contributed by atoms with E-state index in [2.05, 4.69) is 0 Å². The number of esters is 1. The molecule has 4 nitrogen and oxygen atoms in total. The molecule has 0 N–H and O–H groups in total. The zero-order valence-corrected chi connectivity index (χ0v) is 16.5. The van der Waals surface area contributed by atoms with Crippen LogP contribution in [0.2, 0.25) is 0 Å². The average molecular weight is 384 g/mol. The molecule has 0 radical (unpaired) electrons. The molecular weight excluding hydrogens is 364 g/mol. The largest absolute Gasteiger partial charge is 0.452 e. The summed E-state index contributed by atoms with van der Waals surface area (Å²) >= 11 is 0. The van der Waals surface area contributed by atoms with Crippen LogP contribution in [-0.4, -0.2) is 5.97 Å². The molecule has 0 spiro atoms. The molecule has 0 bridgehead atoms. The van der Waals surface area contributed by atoms with Gasteiger partial charge in [0.05, 0.1) is 10.9 Å². The molecular formula is C25H20O4. The van der Waals surface area contributed by atoms with Crippen LogP contribution in [0.5, 0.6) is 5.75 Å². The fourth-order valence-electron chi connectivity index (χ4n) is 3.12. The maximum absolute atomic E-state index is 13.2. The Bertz CT molecular complexity index is 1260. The number of hydrogen-bond acceptors (Lipinski definition) is 4. The summed E-state index contributed by atoms with van der Waals surface area (Å²) in [5.74, 6) is -0.456. The number of fused-ring (bicyclic) bond motifs is 1. The molecule has 0 atom stereocenters. The first-order chi connectivity index (χ1) is 13.9. The molecule has 4 aromatic rings. The van der Waals surface area contributed by atoms with Crippen molar-refractivity contribution in [1.82, 2.24) is 0 Å². The number of rotatable bonds is 3. The highest BCUT2D eigenvalue weighted by Crippen LogP contribution is 2.32. The Labute approximate surface area is 168 Å². The molecule has 4 rings (SSSR count). The summed E-state index contributed by atoms with van der Waals surface area (Å²) in [4.78, 5) is 25.9. The van der Waals surface area contributed by atoms with E-state index in [4.69, 9.17) is 9.15 Å². The third-order valence-corrected chi connectivity index (χ3v) is 4.80. The molecule has 4 heteroatoms. The Hall–Kier alpha value is -3.66. The third kappa shape index (κ3) is 3.69. The number of carbonyl (C=O) groups excluding carboxylic acids is 1. The smallest absolute Gasteiger partial charge is 0.343 e. The van der Waals surface area contributed by atoms with Gasteiger partial charge in [-0.25, -0.2) is 4.79 Å². The van der Waals surface area contributed by atoms with Crippen molar-refractivity contribution in [3.05, 3.63) is 99.2 Å². The number of aryl methyl sites for hydroxylation is 3. The highest BCUT2D eigenvalue weighted by atomic mass is 16.5. The predicted molar refractivity (Wildman–Crippen MR) is 114 cm³/mol. The first-order valence-electron chi connectivity index (χ1n) is 9.36. The van der Waals surface area contributed by atoms with Crippen molar-refractivity contribution in [2.75, 3.05) is 0 Å². The summed E-state index contributed by atoms with van der Waals surface area (Å²) in [6, 6.07) is 19.9. The van der Waals surface area contributed by atoms with E-state index in [-0.39, 0.29) is 16.9 Å². The van der Waals surface area contributed by atoms with Gasteiger partial charge in [0.15, 0.2) is 5.76 Å². The van der Waals surface area contributed by atoms with Crippen molar-refractivity contribution < 1.29 is 13.9 Å². The van der Waals surface area contributed by atoms with E-state index in [1.807, 2.05) is 63.2 Å². The van der Waals surface area contributed by atoms with Crippen molar-refractivity contribution in [1.29, 1.82) is 0 Å². The highest BCUT2D eigenvalue weighted by Gasteiger charge is 2.21. The molecule has 0 aliphatic carbocycles. The van der Waals surface area contributed by atoms with Gasteiger partial charge in [-0.3, -0.25) is 4.79 Å². The maximum Gasteiger partial charge on any atom is 0.343 e. The molecule has 0 fully saturated rings. The maximum atomic E-state index is 13.2. The van der Waals surface area contributed by atoms with Crippen LogP contribution in [0.25, 0.3) is 22.3 Å². The number of benzene rings is 3. The summed E-state index contributed by atoms with van der Waals surface area (Å²) in [5, 5.41) is 0.382. The van der Waals surface area contributed by atoms with Gasteiger partial charge < -0.3 is 9.15 Å². The normalized spacial score (nSPS) is 10.9. The van der Waals surface area contributed by atoms with Gasteiger partial charge in [0.1, 0.15) is 5.58 Å². The van der Waals surface area contributed by atoms with Gasteiger partial charge in [-0.2, -0.15) is 0 Å². The second-order valence-corrected chi connectivity index (χ2v) is 7.21. The molecule has 1 heterocycles. The first kappa shape index (κ1) is 18.7. The molecule has 0 saturated carbocycles. The number of carbonyl (C=O) groups is 1. The van der Waals surface area contributed by atoms with Gasteiger partial charge in [0.2, 0.25) is 11.2 Å². The lowest BCUT2D eigenvalue weighted by atomic mass is 10.1. The Balaban J connectivity index is 1.89. The summed E-state index contributed by atoms with van der Waals surface area (Å²) in [6.45, 7) is 5.80. The highest BCUT2D eigenvalue weighted by molar-refractivity contribution is 5.93.